The Hall–Kier alpha value is -3.11. The van der Waals surface area contributed by atoms with Crippen LogP contribution in [0.1, 0.15) is 48.8 Å². The van der Waals surface area contributed by atoms with Crippen LogP contribution in [0, 0.1) is 0 Å². The van der Waals surface area contributed by atoms with Crippen LogP contribution in [0.2, 0.25) is 0 Å². The normalized spacial score (nSPS) is 26.6. The predicted molar refractivity (Wildman–Crippen MR) is 134 cm³/mol. The van der Waals surface area contributed by atoms with Gasteiger partial charge in [-0.1, -0.05) is 98.1 Å². The molecule has 34 heavy (non-hydrogen) atoms. The number of rotatable bonds is 5. The summed E-state index contributed by atoms with van der Waals surface area (Å²) in [7, 11) is 0. The van der Waals surface area contributed by atoms with E-state index in [1.54, 1.807) is 0 Å². The largest absolute Gasteiger partial charge is 0.362 e. The lowest BCUT2D eigenvalue weighted by Gasteiger charge is -2.39. The molecule has 1 saturated heterocycles. The molecule has 2 heterocycles. The Morgan fingerprint density at radius 2 is 1.41 bits per heavy atom. The number of para-hydroxylation sites is 1. The first-order valence-electron chi connectivity index (χ1n) is 12.6. The number of hydrogen-bond donors (Lipinski definition) is 1. The third-order valence-electron chi connectivity index (χ3n) is 8.32. The Bertz CT molecular complexity index is 1170. The first-order valence-corrected chi connectivity index (χ1v) is 12.6. The molecule has 0 unspecified atom stereocenters. The van der Waals surface area contributed by atoms with Crippen molar-refractivity contribution in [2.75, 3.05) is 11.4 Å². The highest BCUT2D eigenvalue weighted by Crippen LogP contribution is 2.58. The molecule has 1 saturated carbocycles. The lowest BCUT2D eigenvalue weighted by Crippen LogP contribution is -2.61. The van der Waals surface area contributed by atoms with Crippen molar-refractivity contribution in [3.05, 3.63) is 102 Å². The van der Waals surface area contributed by atoms with Crippen LogP contribution >= 0.6 is 0 Å². The maximum atomic E-state index is 14.3. The van der Waals surface area contributed by atoms with Crippen LogP contribution < -0.4 is 4.90 Å². The second-order valence-electron chi connectivity index (χ2n) is 10.2. The Balaban J connectivity index is 1.51. The summed E-state index contributed by atoms with van der Waals surface area (Å²) in [5.74, 6) is -0.123. The number of carbonyl (C=O) groups excluding carboxylic acids is 1. The van der Waals surface area contributed by atoms with E-state index in [4.69, 9.17) is 0 Å². The molecule has 1 aliphatic carbocycles. The van der Waals surface area contributed by atoms with Crippen LogP contribution in [-0.4, -0.2) is 34.2 Å². The first-order chi connectivity index (χ1) is 16.6. The highest BCUT2D eigenvalue weighted by Gasteiger charge is 2.71. The van der Waals surface area contributed by atoms with E-state index in [-0.39, 0.29) is 11.9 Å². The molecule has 0 radical (unpaired) electrons. The molecule has 1 N–H and O–H groups in total. The molecule has 3 aromatic rings. The van der Waals surface area contributed by atoms with Gasteiger partial charge < -0.3 is 14.9 Å². The number of hydrogen-bond acceptors (Lipinski definition) is 3. The van der Waals surface area contributed by atoms with Gasteiger partial charge in [-0.25, -0.2) is 0 Å². The Morgan fingerprint density at radius 1 is 0.794 bits per heavy atom. The molecule has 2 atom stereocenters. The van der Waals surface area contributed by atoms with Gasteiger partial charge >= 0.3 is 0 Å². The number of benzene rings is 3. The van der Waals surface area contributed by atoms with Crippen molar-refractivity contribution in [1.82, 2.24) is 4.90 Å². The van der Waals surface area contributed by atoms with E-state index in [1.807, 2.05) is 58.3 Å². The minimum atomic E-state index is -1.61. The number of likely N-dealkylation sites (tertiary alicyclic amines) is 1. The smallest absolute Gasteiger partial charge is 0.277 e. The minimum Gasteiger partial charge on any atom is -0.362 e. The summed E-state index contributed by atoms with van der Waals surface area (Å²) in [5.41, 5.74) is 1.97. The van der Waals surface area contributed by atoms with Gasteiger partial charge in [-0.2, -0.15) is 0 Å². The quantitative estimate of drug-likeness (QED) is 0.589. The fourth-order valence-electron chi connectivity index (χ4n) is 6.68. The monoisotopic (exact) mass is 452 g/mol. The molecule has 174 valence electrons. The lowest BCUT2D eigenvalue weighted by atomic mass is 9.71. The fraction of sp³-hybridized carbons (Fsp3) is 0.367. The zero-order valence-electron chi connectivity index (χ0n) is 19.6. The van der Waals surface area contributed by atoms with Crippen LogP contribution in [0.15, 0.2) is 84.9 Å². The summed E-state index contributed by atoms with van der Waals surface area (Å²) in [6, 6.07) is 29.0. The second kappa shape index (κ2) is 8.28. The summed E-state index contributed by atoms with van der Waals surface area (Å²) in [6.07, 6.45) is 6.24. The summed E-state index contributed by atoms with van der Waals surface area (Å²) in [6.45, 7) is 1.05. The zero-order chi connectivity index (χ0) is 23.2. The molecule has 2 aliphatic heterocycles. The number of anilines is 1. The fourth-order valence-corrected chi connectivity index (χ4v) is 6.68. The second-order valence-corrected chi connectivity index (χ2v) is 10.2. The molecule has 4 nitrogen and oxygen atoms in total. The molecule has 3 aliphatic rings. The molecular weight excluding hydrogens is 420 g/mol. The van der Waals surface area contributed by atoms with E-state index in [1.165, 1.54) is 6.42 Å². The predicted octanol–water partition coefficient (Wildman–Crippen LogP) is 5.05. The SMILES string of the molecule is O=C1N(C2CCCCC2)C[C@]2(Cc3ccccc3)c3ccccc3N(Cc3ccccc3)[C@@]12O. The van der Waals surface area contributed by atoms with Crippen molar-refractivity contribution < 1.29 is 9.90 Å². The van der Waals surface area contributed by atoms with E-state index in [0.717, 1.165) is 48.1 Å². The van der Waals surface area contributed by atoms with Gasteiger partial charge in [0, 0.05) is 24.8 Å². The molecule has 6 rings (SSSR count). The van der Waals surface area contributed by atoms with Crippen LogP contribution in [-0.2, 0) is 23.2 Å². The van der Waals surface area contributed by atoms with E-state index >= 15 is 0 Å². The van der Waals surface area contributed by atoms with Gasteiger partial charge in [-0.05, 0) is 42.0 Å². The number of carbonyl (C=O) groups is 1. The van der Waals surface area contributed by atoms with Crippen molar-refractivity contribution in [1.29, 1.82) is 0 Å². The molecule has 2 fully saturated rings. The van der Waals surface area contributed by atoms with Crippen molar-refractivity contribution in [3.63, 3.8) is 0 Å². The highest BCUT2D eigenvalue weighted by molar-refractivity contribution is 5.97. The Morgan fingerprint density at radius 3 is 2.12 bits per heavy atom. The van der Waals surface area contributed by atoms with Gasteiger partial charge in [-0.3, -0.25) is 4.79 Å². The highest BCUT2D eigenvalue weighted by atomic mass is 16.3. The molecular formula is C30H32N2O2. The molecule has 0 spiro atoms. The van der Waals surface area contributed by atoms with E-state index < -0.39 is 11.1 Å². The summed E-state index contributed by atoms with van der Waals surface area (Å²) >= 11 is 0. The molecule has 1 amide bonds. The van der Waals surface area contributed by atoms with Crippen LogP contribution in [0.25, 0.3) is 0 Å². The Labute approximate surface area is 201 Å². The van der Waals surface area contributed by atoms with Gasteiger partial charge in [0.1, 0.15) is 0 Å². The number of nitrogens with zero attached hydrogens (tertiary/aromatic N) is 2. The third kappa shape index (κ3) is 3.12. The summed E-state index contributed by atoms with van der Waals surface area (Å²) in [5, 5.41) is 12.7. The summed E-state index contributed by atoms with van der Waals surface area (Å²) < 4.78 is 0. The number of aliphatic hydroxyl groups is 1. The number of amides is 1. The molecule has 4 heteroatoms. The van der Waals surface area contributed by atoms with Gasteiger partial charge in [0.25, 0.3) is 5.91 Å². The number of fused-ring (bicyclic) bond motifs is 3. The topological polar surface area (TPSA) is 43.8 Å². The third-order valence-corrected chi connectivity index (χ3v) is 8.32. The standard InChI is InChI=1S/C30H32N2O2/c33-28-30(34)29(20-23-12-4-1-5-13-23,22-31(28)25-16-8-3-9-17-25)26-18-10-11-19-27(26)32(30)21-24-14-6-2-7-15-24/h1-2,4-7,10-15,18-19,25,34H,3,8-9,16-17,20-22H2/t29-,30-/m1/s1. The van der Waals surface area contributed by atoms with Crippen LogP contribution in [0.4, 0.5) is 5.69 Å². The van der Waals surface area contributed by atoms with Crippen LogP contribution in [0.3, 0.4) is 0 Å². The summed E-state index contributed by atoms with van der Waals surface area (Å²) in [4.78, 5) is 18.3. The molecule has 0 bridgehead atoms. The zero-order valence-corrected chi connectivity index (χ0v) is 19.6. The van der Waals surface area contributed by atoms with Crippen molar-refractivity contribution >= 4 is 11.6 Å². The van der Waals surface area contributed by atoms with Gasteiger partial charge in [0.15, 0.2) is 0 Å². The van der Waals surface area contributed by atoms with E-state index in [2.05, 4.69) is 36.4 Å². The lowest BCUT2D eigenvalue weighted by molar-refractivity contribution is -0.147. The molecule has 0 aromatic heterocycles. The van der Waals surface area contributed by atoms with Crippen LogP contribution in [0.5, 0.6) is 0 Å². The first kappa shape index (κ1) is 21.4. The maximum Gasteiger partial charge on any atom is 0.277 e. The van der Waals surface area contributed by atoms with Gasteiger partial charge in [0.05, 0.1) is 5.41 Å². The maximum absolute atomic E-state index is 14.3. The average Bonchev–Trinajstić information content (AvgIpc) is 3.23. The average molecular weight is 453 g/mol. The minimum absolute atomic E-state index is 0.123. The molecule has 3 aromatic carbocycles. The van der Waals surface area contributed by atoms with Crippen molar-refractivity contribution in [2.24, 2.45) is 0 Å². The van der Waals surface area contributed by atoms with E-state index in [0.29, 0.717) is 19.5 Å². The van der Waals surface area contributed by atoms with Gasteiger partial charge in [0.2, 0.25) is 5.72 Å². The Kier molecular flexibility index (Phi) is 5.22. The van der Waals surface area contributed by atoms with E-state index in [9.17, 15) is 9.90 Å². The van der Waals surface area contributed by atoms with Crippen molar-refractivity contribution in [3.8, 4) is 0 Å². The van der Waals surface area contributed by atoms with Crippen molar-refractivity contribution in [2.45, 2.75) is 62.3 Å². The van der Waals surface area contributed by atoms with Gasteiger partial charge in [-0.15, -0.1) is 0 Å².